The molecule has 1 aliphatic carbocycles. The second-order valence-corrected chi connectivity index (χ2v) is 4.95. The molecule has 106 valence electrons. The number of benzene rings is 1. The standard InChI is InChI=1S/C14H19F2NO2/c15-14(16)19-13-4-2-1-3-11(13)9-17-8-10-5-6-12(18)7-10/h1-4,10,12,14,17-18H,5-9H2. The van der Waals surface area contributed by atoms with E-state index in [1.165, 1.54) is 0 Å². The van der Waals surface area contributed by atoms with Gasteiger partial charge in [-0.1, -0.05) is 18.2 Å². The fourth-order valence-corrected chi connectivity index (χ4v) is 2.51. The van der Waals surface area contributed by atoms with Gasteiger partial charge in [0.25, 0.3) is 0 Å². The topological polar surface area (TPSA) is 41.5 Å². The third kappa shape index (κ3) is 4.44. The Balaban J connectivity index is 1.82. The summed E-state index contributed by atoms with van der Waals surface area (Å²) in [5.74, 6) is 0.689. The molecule has 19 heavy (non-hydrogen) atoms. The van der Waals surface area contributed by atoms with Crippen LogP contribution in [0.5, 0.6) is 5.75 Å². The molecule has 5 heteroatoms. The van der Waals surface area contributed by atoms with Crippen LogP contribution in [0.4, 0.5) is 8.78 Å². The predicted molar refractivity (Wildman–Crippen MR) is 68.1 cm³/mol. The highest BCUT2D eigenvalue weighted by Gasteiger charge is 2.22. The maximum Gasteiger partial charge on any atom is 0.387 e. The zero-order valence-corrected chi connectivity index (χ0v) is 10.7. The van der Waals surface area contributed by atoms with Gasteiger partial charge in [0.15, 0.2) is 0 Å². The molecular formula is C14H19F2NO2. The fourth-order valence-electron chi connectivity index (χ4n) is 2.51. The molecule has 1 aromatic carbocycles. The van der Waals surface area contributed by atoms with Gasteiger partial charge in [0.1, 0.15) is 5.75 Å². The van der Waals surface area contributed by atoms with Crippen LogP contribution in [0.15, 0.2) is 24.3 Å². The minimum absolute atomic E-state index is 0.179. The van der Waals surface area contributed by atoms with E-state index in [2.05, 4.69) is 10.1 Å². The number of halogens is 2. The summed E-state index contributed by atoms with van der Waals surface area (Å²) >= 11 is 0. The molecule has 2 atom stereocenters. The van der Waals surface area contributed by atoms with Gasteiger partial charge in [-0.05, 0) is 37.8 Å². The van der Waals surface area contributed by atoms with Crippen molar-refractivity contribution >= 4 is 0 Å². The number of hydrogen-bond donors (Lipinski definition) is 2. The normalized spacial score (nSPS) is 22.9. The Kier molecular flexibility index (Phi) is 5.10. The Labute approximate surface area is 111 Å². The van der Waals surface area contributed by atoms with Gasteiger partial charge in [-0.3, -0.25) is 0 Å². The lowest BCUT2D eigenvalue weighted by Gasteiger charge is -2.13. The van der Waals surface area contributed by atoms with Crippen molar-refractivity contribution in [1.82, 2.24) is 5.32 Å². The first-order valence-corrected chi connectivity index (χ1v) is 6.56. The first-order valence-electron chi connectivity index (χ1n) is 6.56. The summed E-state index contributed by atoms with van der Waals surface area (Å²) in [6, 6.07) is 6.79. The Hall–Kier alpha value is -1.20. The first kappa shape index (κ1) is 14.2. The molecule has 0 aromatic heterocycles. The second-order valence-electron chi connectivity index (χ2n) is 4.95. The van der Waals surface area contributed by atoms with Crippen LogP contribution in [0, 0.1) is 5.92 Å². The SMILES string of the molecule is OC1CCC(CNCc2ccccc2OC(F)F)C1. The van der Waals surface area contributed by atoms with Crippen molar-refractivity contribution in [2.75, 3.05) is 6.54 Å². The first-order chi connectivity index (χ1) is 9.15. The maximum absolute atomic E-state index is 12.2. The van der Waals surface area contributed by atoms with Crippen molar-refractivity contribution in [3.63, 3.8) is 0 Å². The van der Waals surface area contributed by atoms with Crippen molar-refractivity contribution < 1.29 is 18.6 Å². The minimum atomic E-state index is -2.80. The largest absolute Gasteiger partial charge is 0.434 e. The van der Waals surface area contributed by atoms with E-state index in [0.717, 1.165) is 31.4 Å². The van der Waals surface area contributed by atoms with Gasteiger partial charge in [0, 0.05) is 12.1 Å². The molecule has 0 amide bonds. The van der Waals surface area contributed by atoms with Crippen LogP contribution >= 0.6 is 0 Å². The molecule has 0 aliphatic heterocycles. The van der Waals surface area contributed by atoms with Crippen molar-refractivity contribution in [3.8, 4) is 5.75 Å². The molecule has 0 radical (unpaired) electrons. The van der Waals surface area contributed by atoms with Crippen LogP contribution in [0.2, 0.25) is 0 Å². The van der Waals surface area contributed by atoms with Gasteiger partial charge >= 0.3 is 6.61 Å². The molecule has 2 rings (SSSR count). The van der Waals surface area contributed by atoms with Crippen LogP contribution in [-0.2, 0) is 6.54 Å². The van der Waals surface area contributed by atoms with Gasteiger partial charge in [0.2, 0.25) is 0 Å². The molecule has 1 saturated carbocycles. The maximum atomic E-state index is 12.2. The molecule has 0 saturated heterocycles. The Morgan fingerprint density at radius 2 is 2.11 bits per heavy atom. The monoisotopic (exact) mass is 271 g/mol. The van der Waals surface area contributed by atoms with Crippen LogP contribution in [-0.4, -0.2) is 24.4 Å². The molecule has 0 bridgehead atoms. The van der Waals surface area contributed by atoms with E-state index >= 15 is 0 Å². The third-order valence-corrected chi connectivity index (χ3v) is 3.45. The second kappa shape index (κ2) is 6.82. The van der Waals surface area contributed by atoms with E-state index in [0.29, 0.717) is 12.5 Å². The summed E-state index contributed by atoms with van der Waals surface area (Å²) in [4.78, 5) is 0. The van der Waals surface area contributed by atoms with Crippen LogP contribution in [0.1, 0.15) is 24.8 Å². The Morgan fingerprint density at radius 1 is 1.32 bits per heavy atom. The van der Waals surface area contributed by atoms with Gasteiger partial charge in [-0.15, -0.1) is 0 Å². The molecule has 1 fully saturated rings. The van der Waals surface area contributed by atoms with Gasteiger partial charge in [-0.25, -0.2) is 0 Å². The average Bonchev–Trinajstić information content (AvgIpc) is 2.77. The number of ether oxygens (including phenoxy) is 1. The molecule has 1 aromatic rings. The Bertz CT molecular complexity index is 401. The number of aliphatic hydroxyl groups is 1. The van der Waals surface area contributed by atoms with Crippen molar-refractivity contribution in [2.45, 2.75) is 38.5 Å². The van der Waals surface area contributed by atoms with Crippen LogP contribution in [0.25, 0.3) is 0 Å². The van der Waals surface area contributed by atoms with Crippen molar-refractivity contribution in [3.05, 3.63) is 29.8 Å². The molecule has 2 N–H and O–H groups in total. The molecular weight excluding hydrogens is 252 g/mol. The van der Waals surface area contributed by atoms with Crippen molar-refractivity contribution in [2.24, 2.45) is 5.92 Å². The summed E-state index contributed by atoms with van der Waals surface area (Å²) in [5.41, 5.74) is 0.723. The van der Waals surface area contributed by atoms with E-state index in [-0.39, 0.29) is 11.9 Å². The quantitative estimate of drug-likeness (QED) is 0.835. The molecule has 1 aliphatic rings. The van der Waals surface area contributed by atoms with E-state index in [4.69, 9.17) is 0 Å². The molecule has 2 unspecified atom stereocenters. The van der Waals surface area contributed by atoms with Crippen LogP contribution < -0.4 is 10.1 Å². The number of para-hydroxylation sites is 1. The smallest absolute Gasteiger partial charge is 0.387 e. The summed E-state index contributed by atoms with van der Waals surface area (Å²) in [5, 5.41) is 12.7. The predicted octanol–water partition coefficient (Wildman–Crippen LogP) is 2.54. The molecule has 3 nitrogen and oxygen atoms in total. The van der Waals surface area contributed by atoms with E-state index < -0.39 is 6.61 Å². The summed E-state index contributed by atoms with van der Waals surface area (Å²) in [6.45, 7) is -1.51. The lowest BCUT2D eigenvalue weighted by molar-refractivity contribution is -0.0505. The zero-order valence-electron chi connectivity index (χ0n) is 10.7. The van der Waals surface area contributed by atoms with Gasteiger partial charge < -0.3 is 15.2 Å². The van der Waals surface area contributed by atoms with E-state index in [1.54, 1.807) is 24.3 Å². The van der Waals surface area contributed by atoms with Gasteiger partial charge in [0.05, 0.1) is 6.10 Å². The fraction of sp³-hybridized carbons (Fsp3) is 0.571. The number of rotatable bonds is 6. The number of aliphatic hydroxyl groups excluding tert-OH is 1. The lowest BCUT2D eigenvalue weighted by Crippen LogP contribution is -2.22. The third-order valence-electron chi connectivity index (χ3n) is 3.45. The van der Waals surface area contributed by atoms with E-state index in [9.17, 15) is 13.9 Å². The van der Waals surface area contributed by atoms with Crippen molar-refractivity contribution in [1.29, 1.82) is 0 Å². The Morgan fingerprint density at radius 3 is 2.79 bits per heavy atom. The minimum Gasteiger partial charge on any atom is -0.434 e. The lowest BCUT2D eigenvalue weighted by atomic mass is 10.1. The van der Waals surface area contributed by atoms with Crippen LogP contribution in [0.3, 0.4) is 0 Å². The highest BCUT2D eigenvalue weighted by molar-refractivity contribution is 5.33. The summed E-state index contributed by atoms with van der Waals surface area (Å²) < 4.78 is 29.0. The summed E-state index contributed by atoms with van der Waals surface area (Å²) in [7, 11) is 0. The highest BCUT2D eigenvalue weighted by Crippen LogP contribution is 2.25. The number of nitrogens with one attached hydrogen (secondary N) is 1. The number of hydrogen-bond acceptors (Lipinski definition) is 3. The average molecular weight is 271 g/mol. The van der Waals surface area contributed by atoms with Gasteiger partial charge in [-0.2, -0.15) is 8.78 Å². The summed E-state index contributed by atoms with van der Waals surface area (Å²) in [6.07, 6.45) is 2.52. The number of alkyl halides is 2. The highest BCUT2D eigenvalue weighted by atomic mass is 19.3. The molecule has 0 heterocycles. The zero-order chi connectivity index (χ0) is 13.7. The van der Waals surface area contributed by atoms with E-state index in [1.807, 2.05) is 0 Å². The molecule has 0 spiro atoms.